The first kappa shape index (κ1) is 13.7. The van der Waals surface area contributed by atoms with Crippen LogP contribution in [0, 0.1) is 5.82 Å². The van der Waals surface area contributed by atoms with E-state index >= 15 is 0 Å². The second-order valence-corrected chi connectivity index (χ2v) is 4.63. The van der Waals surface area contributed by atoms with Crippen molar-refractivity contribution in [2.45, 2.75) is 38.8 Å². The van der Waals surface area contributed by atoms with Crippen molar-refractivity contribution in [2.24, 2.45) is 0 Å². The van der Waals surface area contributed by atoms with Crippen LogP contribution in [0.4, 0.5) is 4.39 Å². The molecule has 0 fully saturated rings. The number of hydrogen-bond donors (Lipinski definition) is 1. The van der Waals surface area contributed by atoms with Gasteiger partial charge in [-0.25, -0.2) is 4.39 Å². The summed E-state index contributed by atoms with van der Waals surface area (Å²) < 4.78 is 15.3. The highest BCUT2D eigenvalue weighted by molar-refractivity contribution is 5.13. The molecule has 0 aliphatic rings. The molecule has 4 nitrogen and oxygen atoms in total. The summed E-state index contributed by atoms with van der Waals surface area (Å²) in [7, 11) is 0. The van der Waals surface area contributed by atoms with Crippen LogP contribution in [-0.4, -0.2) is 19.9 Å². The lowest BCUT2D eigenvalue weighted by molar-refractivity contribution is 0.166. The first-order valence-corrected chi connectivity index (χ1v) is 6.44. The van der Waals surface area contributed by atoms with Crippen molar-refractivity contribution in [3.05, 3.63) is 47.8 Å². The van der Waals surface area contributed by atoms with E-state index in [0.717, 1.165) is 12.1 Å². The fourth-order valence-electron chi connectivity index (χ4n) is 1.86. The minimum atomic E-state index is -0.971. The topological polar surface area (TPSA) is 50.9 Å². The monoisotopic (exact) mass is 263 g/mol. The maximum Gasteiger partial charge on any atom is 0.147 e. The fraction of sp³-hybridized carbons (Fsp3) is 0.429. The molecule has 0 amide bonds. The molecule has 2 aromatic rings. The van der Waals surface area contributed by atoms with Gasteiger partial charge in [0.05, 0.1) is 5.69 Å². The summed E-state index contributed by atoms with van der Waals surface area (Å²) in [6, 6.07) is 4.96. The van der Waals surface area contributed by atoms with Gasteiger partial charge >= 0.3 is 0 Å². The normalized spacial score (nSPS) is 14.3. The molecule has 1 N–H and O–H groups in total. The molecule has 0 bridgehead atoms. The Morgan fingerprint density at radius 3 is 2.89 bits per heavy atom. The van der Waals surface area contributed by atoms with Crippen molar-refractivity contribution >= 4 is 0 Å². The van der Waals surface area contributed by atoms with E-state index in [1.54, 1.807) is 0 Å². The quantitative estimate of drug-likeness (QED) is 0.902. The Hall–Kier alpha value is -1.75. The lowest BCUT2D eigenvalue weighted by atomic mass is 10.1. The van der Waals surface area contributed by atoms with Crippen molar-refractivity contribution in [2.75, 3.05) is 0 Å². The smallest absolute Gasteiger partial charge is 0.147 e. The summed E-state index contributed by atoms with van der Waals surface area (Å²) in [6.45, 7) is 4.16. The van der Waals surface area contributed by atoms with Gasteiger partial charge in [0.25, 0.3) is 0 Å². The Bertz CT molecular complexity index is 541. The van der Waals surface area contributed by atoms with Gasteiger partial charge in [-0.15, -0.1) is 0 Å². The molecule has 2 atom stereocenters. The third-order valence-corrected chi connectivity index (χ3v) is 3.21. The van der Waals surface area contributed by atoms with Gasteiger partial charge in [-0.05, 0) is 31.5 Å². The molecule has 0 radical (unpaired) electrons. The van der Waals surface area contributed by atoms with Crippen LogP contribution in [0.5, 0.6) is 0 Å². The maximum atomic E-state index is 13.5. The predicted octanol–water partition coefficient (Wildman–Crippen LogP) is 2.66. The largest absolute Gasteiger partial charge is 0.386 e. The van der Waals surface area contributed by atoms with Crippen molar-refractivity contribution in [1.29, 1.82) is 0 Å². The zero-order valence-corrected chi connectivity index (χ0v) is 11.1. The average Bonchev–Trinajstić information content (AvgIpc) is 2.86. The molecule has 2 aromatic heterocycles. The second-order valence-electron chi connectivity index (χ2n) is 4.63. The molecule has 0 aliphatic heterocycles. The van der Waals surface area contributed by atoms with Gasteiger partial charge < -0.3 is 5.11 Å². The Morgan fingerprint density at radius 2 is 2.21 bits per heavy atom. The maximum absolute atomic E-state index is 13.5. The van der Waals surface area contributed by atoms with Crippen LogP contribution in [0.1, 0.15) is 43.8 Å². The summed E-state index contributed by atoms with van der Waals surface area (Å²) >= 11 is 0. The molecule has 0 spiro atoms. The molecule has 0 saturated heterocycles. The van der Waals surface area contributed by atoms with Crippen molar-refractivity contribution in [1.82, 2.24) is 14.8 Å². The number of pyridine rings is 1. The van der Waals surface area contributed by atoms with Crippen LogP contribution in [0.15, 0.2) is 30.6 Å². The number of aliphatic hydroxyl groups is 1. The SMILES string of the molecule is CCC(C)n1ccc(CC(O)c2ncccc2F)n1. The van der Waals surface area contributed by atoms with Gasteiger partial charge in [0.1, 0.15) is 17.6 Å². The Morgan fingerprint density at radius 1 is 1.42 bits per heavy atom. The summed E-state index contributed by atoms with van der Waals surface area (Å²) in [5, 5.41) is 14.4. The second kappa shape index (κ2) is 5.93. The number of hydrogen-bond acceptors (Lipinski definition) is 3. The molecular weight excluding hydrogens is 245 g/mol. The number of aliphatic hydroxyl groups excluding tert-OH is 1. The molecule has 0 saturated carbocycles. The highest BCUT2D eigenvalue weighted by Gasteiger charge is 2.16. The standard InChI is InChI=1S/C14H18FN3O/c1-3-10(2)18-8-6-11(17-18)9-13(19)14-12(15)5-4-7-16-14/h4-8,10,13,19H,3,9H2,1-2H3. The van der Waals surface area contributed by atoms with E-state index in [0.29, 0.717) is 6.04 Å². The third-order valence-electron chi connectivity index (χ3n) is 3.21. The van der Waals surface area contributed by atoms with Gasteiger partial charge in [-0.3, -0.25) is 9.67 Å². The highest BCUT2D eigenvalue weighted by atomic mass is 19.1. The number of nitrogens with zero attached hydrogens (tertiary/aromatic N) is 3. The average molecular weight is 263 g/mol. The zero-order chi connectivity index (χ0) is 13.8. The first-order valence-electron chi connectivity index (χ1n) is 6.44. The summed E-state index contributed by atoms with van der Waals surface area (Å²) in [5.41, 5.74) is 0.804. The van der Waals surface area contributed by atoms with Gasteiger partial charge in [-0.2, -0.15) is 5.10 Å². The lowest BCUT2D eigenvalue weighted by Gasteiger charge is -2.10. The van der Waals surface area contributed by atoms with E-state index in [2.05, 4.69) is 23.9 Å². The molecule has 2 heterocycles. The molecule has 2 rings (SSSR count). The van der Waals surface area contributed by atoms with E-state index < -0.39 is 11.9 Å². The number of aromatic nitrogens is 3. The van der Waals surface area contributed by atoms with Crippen LogP contribution < -0.4 is 0 Å². The van der Waals surface area contributed by atoms with Gasteiger partial charge in [0.2, 0.25) is 0 Å². The number of rotatable bonds is 5. The van der Waals surface area contributed by atoms with Crippen molar-refractivity contribution in [3.8, 4) is 0 Å². The third kappa shape index (κ3) is 3.17. The van der Waals surface area contributed by atoms with Crippen LogP contribution in [0.2, 0.25) is 0 Å². The summed E-state index contributed by atoms with van der Waals surface area (Å²) in [4.78, 5) is 3.87. The molecule has 19 heavy (non-hydrogen) atoms. The fourth-order valence-corrected chi connectivity index (χ4v) is 1.86. The molecule has 2 unspecified atom stereocenters. The van der Waals surface area contributed by atoms with E-state index in [1.165, 1.54) is 18.3 Å². The molecule has 0 aliphatic carbocycles. The summed E-state index contributed by atoms with van der Waals surface area (Å²) in [5.74, 6) is -0.489. The lowest BCUT2D eigenvalue weighted by Crippen LogP contribution is -2.09. The van der Waals surface area contributed by atoms with Crippen molar-refractivity contribution < 1.29 is 9.50 Å². The highest BCUT2D eigenvalue weighted by Crippen LogP contribution is 2.18. The molecular formula is C14H18FN3O. The Balaban J connectivity index is 2.09. The van der Waals surface area contributed by atoms with E-state index in [-0.39, 0.29) is 12.1 Å². The molecule has 0 aromatic carbocycles. The Kier molecular flexibility index (Phi) is 4.27. The summed E-state index contributed by atoms with van der Waals surface area (Å²) in [6.07, 6.45) is 3.63. The van der Waals surface area contributed by atoms with E-state index in [4.69, 9.17) is 0 Å². The first-order chi connectivity index (χ1) is 9.11. The van der Waals surface area contributed by atoms with E-state index in [9.17, 15) is 9.50 Å². The van der Waals surface area contributed by atoms with Crippen LogP contribution in [0.3, 0.4) is 0 Å². The van der Waals surface area contributed by atoms with E-state index in [1.807, 2.05) is 16.9 Å². The molecule has 5 heteroatoms. The minimum absolute atomic E-state index is 0.0700. The van der Waals surface area contributed by atoms with Crippen LogP contribution in [0.25, 0.3) is 0 Å². The van der Waals surface area contributed by atoms with Crippen molar-refractivity contribution in [3.63, 3.8) is 0 Å². The number of halogens is 1. The minimum Gasteiger partial charge on any atom is -0.386 e. The van der Waals surface area contributed by atoms with Gasteiger partial charge in [-0.1, -0.05) is 6.92 Å². The predicted molar refractivity (Wildman–Crippen MR) is 70.1 cm³/mol. The zero-order valence-electron chi connectivity index (χ0n) is 11.1. The van der Waals surface area contributed by atoms with Crippen LogP contribution >= 0.6 is 0 Å². The Labute approximate surface area is 111 Å². The molecule has 102 valence electrons. The van der Waals surface area contributed by atoms with Gasteiger partial charge in [0.15, 0.2) is 0 Å². The van der Waals surface area contributed by atoms with Gasteiger partial charge in [0, 0.05) is 24.9 Å². The van der Waals surface area contributed by atoms with Crippen LogP contribution in [-0.2, 0) is 6.42 Å².